The van der Waals surface area contributed by atoms with Gasteiger partial charge in [0.2, 0.25) is 5.96 Å². The Morgan fingerprint density at radius 1 is 1.19 bits per heavy atom. The first-order valence-corrected chi connectivity index (χ1v) is 6.45. The summed E-state index contributed by atoms with van der Waals surface area (Å²) in [4.78, 5) is 4.33. The highest BCUT2D eigenvalue weighted by Gasteiger charge is 1.95. The Bertz CT molecular complexity index is 178. The molecule has 0 saturated carbocycles. The van der Waals surface area contributed by atoms with Crippen LogP contribution in [-0.4, -0.2) is 19.0 Å². The van der Waals surface area contributed by atoms with Crippen LogP contribution in [0.5, 0.6) is 0 Å². The number of hydrazine groups is 1. The molecule has 0 bridgehead atoms. The largest absolute Gasteiger partial charge is 0.356 e. The van der Waals surface area contributed by atoms with Crippen molar-refractivity contribution in [2.75, 3.05) is 13.1 Å². The third kappa shape index (κ3) is 9.77. The maximum Gasteiger partial charge on any atom is 0.205 e. The summed E-state index contributed by atoms with van der Waals surface area (Å²) in [5, 5.41) is 3.06. The Labute approximate surface area is 100 Å². The van der Waals surface area contributed by atoms with Gasteiger partial charge in [-0.2, -0.15) is 0 Å². The number of rotatable bonds is 8. The molecule has 4 heteroatoms. The highest BCUT2D eigenvalue weighted by atomic mass is 15.3. The number of nitrogens with two attached hydrogens (primary N) is 1. The first-order chi connectivity index (χ1) is 7.70. The number of hydrogen-bond donors (Lipinski definition) is 3. The Morgan fingerprint density at radius 3 is 2.44 bits per heavy atom. The van der Waals surface area contributed by atoms with Gasteiger partial charge in [-0.3, -0.25) is 10.4 Å². The van der Waals surface area contributed by atoms with Crippen LogP contribution in [0.25, 0.3) is 0 Å². The van der Waals surface area contributed by atoms with E-state index in [1.54, 1.807) is 0 Å². The van der Waals surface area contributed by atoms with Crippen molar-refractivity contribution in [1.82, 2.24) is 10.7 Å². The van der Waals surface area contributed by atoms with E-state index in [0.29, 0.717) is 5.96 Å². The highest BCUT2D eigenvalue weighted by Crippen LogP contribution is 2.09. The van der Waals surface area contributed by atoms with E-state index >= 15 is 0 Å². The fourth-order valence-corrected chi connectivity index (χ4v) is 1.53. The first kappa shape index (κ1) is 15.2. The first-order valence-electron chi connectivity index (χ1n) is 6.45. The molecule has 0 aliphatic rings. The van der Waals surface area contributed by atoms with Crippen LogP contribution >= 0.6 is 0 Å². The van der Waals surface area contributed by atoms with E-state index in [-0.39, 0.29) is 0 Å². The second-order valence-corrected chi connectivity index (χ2v) is 4.50. The summed E-state index contributed by atoms with van der Waals surface area (Å²) in [6.45, 7) is 8.28. The lowest BCUT2D eigenvalue weighted by molar-refractivity contribution is 0.521. The Balaban J connectivity index is 3.37. The molecule has 0 unspecified atom stereocenters. The molecule has 0 heterocycles. The monoisotopic (exact) mass is 228 g/mol. The summed E-state index contributed by atoms with van der Waals surface area (Å²) in [5.41, 5.74) is 2.56. The van der Waals surface area contributed by atoms with Crippen molar-refractivity contribution in [1.29, 1.82) is 0 Å². The van der Waals surface area contributed by atoms with E-state index in [1.807, 2.05) is 6.92 Å². The number of nitrogens with one attached hydrogen (secondary N) is 2. The summed E-state index contributed by atoms with van der Waals surface area (Å²) < 4.78 is 0. The molecule has 0 spiro atoms. The zero-order valence-electron chi connectivity index (χ0n) is 11.1. The standard InChI is InChI=1S/C12H28N4/c1-4-14-12(16-13)15-10-8-6-5-7-9-11(2)3/h11H,4-10,13H2,1-3H3,(H2,14,15,16). The zero-order valence-corrected chi connectivity index (χ0v) is 11.1. The van der Waals surface area contributed by atoms with E-state index in [2.05, 4.69) is 29.6 Å². The van der Waals surface area contributed by atoms with Gasteiger partial charge in [0, 0.05) is 13.1 Å². The number of unbranched alkanes of at least 4 members (excludes halogenated alkanes) is 3. The molecule has 0 saturated heterocycles. The zero-order chi connectivity index (χ0) is 12.2. The third-order valence-electron chi connectivity index (χ3n) is 2.44. The maximum absolute atomic E-state index is 5.31. The third-order valence-corrected chi connectivity index (χ3v) is 2.44. The minimum atomic E-state index is 0.699. The van der Waals surface area contributed by atoms with Crippen molar-refractivity contribution in [2.24, 2.45) is 16.8 Å². The van der Waals surface area contributed by atoms with Gasteiger partial charge in [0.15, 0.2) is 0 Å². The molecule has 0 atom stereocenters. The van der Waals surface area contributed by atoms with Crippen molar-refractivity contribution in [3.8, 4) is 0 Å². The average Bonchev–Trinajstić information content (AvgIpc) is 2.26. The van der Waals surface area contributed by atoms with Crippen molar-refractivity contribution < 1.29 is 0 Å². The van der Waals surface area contributed by atoms with Crippen molar-refractivity contribution in [2.45, 2.75) is 52.9 Å². The quantitative estimate of drug-likeness (QED) is 0.196. The molecule has 0 aliphatic heterocycles. The van der Waals surface area contributed by atoms with Crippen LogP contribution in [0.1, 0.15) is 52.9 Å². The van der Waals surface area contributed by atoms with E-state index in [1.165, 1.54) is 25.7 Å². The molecule has 16 heavy (non-hydrogen) atoms. The fraction of sp³-hybridized carbons (Fsp3) is 0.917. The normalized spacial score (nSPS) is 11.9. The van der Waals surface area contributed by atoms with Crippen LogP contribution in [0, 0.1) is 5.92 Å². The average molecular weight is 228 g/mol. The lowest BCUT2D eigenvalue weighted by atomic mass is 10.0. The Morgan fingerprint density at radius 2 is 1.88 bits per heavy atom. The number of guanidine groups is 1. The van der Waals surface area contributed by atoms with Gasteiger partial charge < -0.3 is 5.32 Å². The molecule has 0 aromatic heterocycles. The predicted molar refractivity (Wildman–Crippen MR) is 71.2 cm³/mol. The van der Waals surface area contributed by atoms with Crippen LogP contribution < -0.4 is 16.6 Å². The second kappa shape index (κ2) is 10.7. The van der Waals surface area contributed by atoms with Crippen LogP contribution in [0.3, 0.4) is 0 Å². The smallest absolute Gasteiger partial charge is 0.205 e. The molecule has 0 radical (unpaired) electrons. The van der Waals surface area contributed by atoms with Gasteiger partial charge in [0.25, 0.3) is 0 Å². The van der Waals surface area contributed by atoms with Gasteiger partial charge in [0.1, 0.15) is 0 Å². The SMILES string of the molecule is CCNC(=NCCCCCCC(C)C)NN. The minimum absolute atomic E-state index is 0.699. The lowest BCUT2D eigenvalue weighted by Crippen LogP contribution is -2.41. The predicted octanol–water partition coefficient (Wildman–Crippen LogP) is 2.02. The van der Waals surface area contributed by atoms with Gasteiger partial charge in [-0.05, 0) is 19.3 Å². The molecule has 0 fully saturated rings. The van der Waals surface area contributed by atoms with Gasteiger partial charge in [0.05, 0.1) is 0 Å². The molecule has 0 rings (SSSR count). The van der Waals surface area contributed by atoms with E-state index in [4.69, 9.17) is 5.84 Å². The van der Waals surface area contributed by atoms with Gasteiger partial charge in [-0.1, -0.05) is 39.5 Å². The van der Waals surface area contributed by atoms with Crippen molar-refractivity contribution >= 4 is 5.96 Å². The lowest BCUT2D eigenvalue weighted by Gasteiger charge is -2.06. The highest BCUT2D eigenvalue weighted by molar-refractivity contribution is 5.78. The van der Waals surface area contributed by atoms with Crippen LogP contribution in [-0.2, 0) is 0 Å². The van der Waals surface area contributed by atoms with E-state index in [9.17, 15) is 0 Å². The fourth-order valence-electron chi connectivity index (χ4n) is 1.53. The Kier molecular flexibility index (Phi) is 10.2. The van der Waals surface area contributed by atoms with Gasteiger partial charge in [-0.15, -0.1) is 0 Å². The number of aliphatic imine (C=N–C) groups is 1. The molecular weight excluding hydrogens is 200 g/mol. The van der Waals surface area contributed by atoms with E-state index < -0.39 is 0 Å². The summed E-state index contributed by atoms with van der Waals surface area (Å²) >= 11 is 0. The molecule has 0 aromatic rings. The topological polar surface area (TPSA) is 62.4 Å². The summed E-state index contributed by atoms with van der Waals surface area (Å²) in [6.07, 6.45) is 6.42. The maximum atomic E-state index is 5.31. The summed E-state index contributed by atoms with van der Waals surface area (Å²) in [6, 6.07) is 0. The molecule has 0 amide bonds. The van der Waals surface area contributed by atoms with Crippen LogP contribution in [0.4, 0.5) is 0 Å². The Hall–Kier alpha value is -0.770. The van der Waals surface area contributed by atoms with Crippen LogP contribution in [0.15, 0.2) is 4.99 Å². The molecule has 4 N–H and O–H groups in total. The second-order valence-electron chi connectivity index (χ2n) is 4.50. The molecular formula is C12H28N4. The minimum Gasteiger partial charge on any atom is -0.356 e. The van der Waals surface area contributed by atoms with Crippen molar-refractivity contribution in [3.63, 3.8) is 0 Å². The van der Waals surface area contributed by atoms with Crippen LogP contribution in [0.2, 0.25) is 0 Å². The molecule has 4 nitrogen and oxygen atoms in total. The molecule has 0 aromatic carbocycles. The molecule has 96 valence electrons. The summed E-state index contributed by atoms with van der Waals surface area (Å²) in [5.74, 6) is 6.84. The molecule has 0 aliphatic carbocycles. The van der Waals surface area contributed by atoms with E-state index in [0.717, 1.165) is 25.4 Å². The van der Waals surface area contributed by atoms with Gasteiger partial charge in [-0.25, -0.2) is 5.84 Å². The van der Waals surface area contributed by atoms with Crippen molar-refractivity contribution in [3.05, 3.63) is 0 Å². The van der Waals surface area contributed by atoms with Gasteiger partial charge >= 0.3 is 0 Å². The number of hydrogen-bond acceptors (Lipinski definition) is 2. The number of nitrogens with zero attached hydrogens (tertiary/aromatic N) is 1. The summed E-state index contributed by atoms with van der Waals surface area (Å²) in [7, 11) is 0.